The highest BCUT2D eigenvalue weighted by Gasteiger charge is 2.09. The number of thiophene rings is 1. The van der Waals surface area contributed by atoms with E-state index in [1.807, 2.05) is 6.92 Å². The molecule has 1 aromatic rings. The van der Waals surface area contributed by atoms with Gasteiger partial charge < -0.3 is 10.8 Å². The van der Waals surface area contributed by atoms with Crippen molar-refractivity contribution in [3.05, 3.63) is 15.8 Å². The molecule has 0 saturated heterocycles. The SMILES string of the molecule is CCc1sc(C(=O)O)cc1N. The van der Waals surface area contributed by atoms with Crippen molar-refractivity contribution in [3.63, 3.8) is 0 Å². The molecule has 11 heavy (non-hydrogen) atoms. The van der Waals surface area contributed by atoms with Gasteiger partial charge in [0.05, 0.1) is 0 Å². The van der Waals surface area contributed by atoms with E-state index in [0.717, 1.165) is 11.3 Å². The second kappa shape index (κ2) is 2.92. The minimum Gasteiger partial charge on any atom is -0.477 e. The highest BCUT2D eigenvalue weighted by molar-refractivity contribution is 7.14. The lowest BCUT2D eigenvalue weighted by atomic mass is 10.3. The fourth-order valence-corrected chi connectivity index (χ4v) is 1.68. The molecule has 0 bridgehead atoms. The number of carbonyl (C=O) groups is 1. The molecule has 0 atom stereocenters. The molecule has 1 rings (SSSR count). The summed E-state index contributed by atoms with van der Waals surface area (Å²) < 4.78 is 0. The quantitative estimate of drug-likeness (QED) is 0.710. The Balaban J connectivity index is 3.05. The van der Waals surface area contributed by atoms with Gasteiger partial charge in [0.15, 0.2) is 0 Å². The van der Waals surface area contributed by atoms with Crippen molar-refractivity contribution < 1.29 is 9.90 Å². The zero-order valence-electron chi connectivity index (χ0n) is 6.13. The van der Waals surface area contributed by atoms with E-state index in [-0.39, 0.29) is 0 Å². The van der Waals surface area contributed by atoms with Crippen molar-refractivity contribution in [2.75, 3.05) is 5.73 Å². The third-order valence-electron chi connectivity index (χ3n) is 1.37. The summed E-state index contributed by atoms with van der Waals surface area (Å²) in [6.07, 6.45) is 0.795. The first kappa shape index (κ1) is 8.07. The molecule has 0 aliphatic rings. The predicted molar refractivity (Wildman–Crippen MR) is 45.1 cm³/mol. The third-order valence-corrected chi connectivity index (χ3v) is 2.66. The maximum atomic E-state index is 10.4. The number of carboxylic acids is 1. The predicted octanol–water partition coefficient (Wildman–Crippen LogP) is 1.59. The first-order valence-electron chi connectivity index (χ1n) is 3.26. The largest absolute Gasteiger partial charge is 0.477 e. The van der Waals surface area contributed by atoms with Gasteiger partial charge >= 0.3 is 5.97 Å². The Bertz CT molecular complexity index is 280. The maximum absolute atomic E-state index is 10.4. The van der Waals surface area contributed by atoms with E-state index in [9.17, 15) is 4.79 Å². The number of anilines is 1. The third kappa shape index (κ3) is 1.51. The zero-order valence-corrected chi connectivity index (χ0v) is 6.94. The van der Waals surface area contributed by atoms with Crippen LogP contribution in [-0.2, 0) is 6.42 Å². The summed E-state index contributed by atoms with van der Waals surface area (Å²) in [5.41, 5.74) is 6.13. The van der Waals surface area contributed by atoms with Gasteiger partial charge in [0.25, 0.3) is 0 Å². The highest BCUT2D eigenvalue weighted by Crippen LogP contribution is 2.24. The highest BCUT2D eigenvalue weighted by atomic mass is 32.1. The Labute approximate surface area is 68.5 Å². The molecule has 0 aliphatic heterocycles. The fraction of sp³-hybridized carbons (Fsp3) is 0.286. The van der Waals surface area contributed by atoms with Gasteiger partial charge in [-0.1, -0.05) is 6.92 Å². The number of nitrogens with two attached hydrogens (primary N) is 1. The topological polar surface area (TPSA) is 63.3 Å². The summed E-state index contributed by atoms with van der Waals surface area (Å²) in [4.78, 5) is 11.7. The summed E-state index contributed by atoms with van der Waals surface area (Å²) in [5.74, 6) is -0.901. The minimum absolute atomic E-state index is 0.319. The van der Waals surface area contributed by atoms with Crippen molar-refractivity contribution in [3.8, 4) is 0 Å². The van der Waals surface area contributed by atoms with Crippen LogP contribution in [0, 0.1) is 0 Å². The number of hydrogen-bond acceptors (Lipinski definition) is 3. The number of carboxylic acid groups (broad SMARTS) is 1. The smallest absolute Gasteiger partial charge is 0.345 e. The molecule has 1 heterocycles. The first-order valence-corrected chi connectivity index (χ1v) is 4.08. The number of aryl methyl sites for hydroxylation is 1. The molecule has 3 N–H and O–H groups in total. The van der Waals surface area contributed by atoms with E-state index in [1.165, 1.54) is 17.4 Å². The summed E-state index contributed by atoms with van der Waals surface area (Å²) in [6, 6.07) is 1.51. The van der Waals surface area contributed by atoms with Crippen LogP contribution in [-0.4, -0.2) is 11.1 Å². The molecule has 0 saturated carbocycles. The van der Waals surface area contributed by atoms with Crippen LogP contribution in [0.5, 0.6) is 0 Å². The molecule has 0 aromatic carbocycles. The van der Waals surface area contributed by atoms with Crippen molar-refractivity contribution in [1.82, 2.24) is 0 Å². The van der Waals surface area contributed by atoms with E-state index >= 15 is 0 Å². The van der Waals surface area contributed by atoms with Gasteiger partial charge in [-0.05, 0) is 12.5 Å². The van der Waals surface area contributed by atoms with Crippen LogP contribution in [0.25, 0.3) is 0 Å². The molecule has 0 aliphatic carbocycles. The van der Waals surface area contributed by atoms with Crippen LogP contribution in [0.1, 0.15) is 21.5 Å². The number of hydrogen-bond donors (Lipinski definition) is 2. The second-order valence-corrected chi connectivity index (χ2v) is 3.28. The zero-order chi connectivity index (χ0) is 8.43. The van der Waals surface area contributed by atoms with Crippen molar-refractivity contribution in [1.29, 1.82) is 0 Å². The Morgan fingerprint density at radius 1 is 1.82 bits per heavy atom. The lowest BCUT2D eigenvalue weighted by Crippen LogP contribution is -1.90. The second-order valence-electron chi connectivity index (χ2n) is 2.15. The molecule has 1 aromatic heterocycles. The van der Waals surface area contributed by atoms with Gasteiger partial charge in [-0.15, -0.1) is 11.3 Å². The van der Waals surface area contributed by atoms with E-state index in [0.29, 0.717) is 10.6 Å². The van der Waals surface area contributed by atoms with Crippen LogP contribution in [0.3, 0.4) is 0 Å². The van der Waals surface area contributed by atoms with Gasteiger partial charge in [-0.2, -0.15) is 0 Å². The van der Waals surface area contributed by atoms with E-state index in [1.54, 1.807) is 0 Å². The molecule has 0 radical (unpaired) electrons. The lowest BCUT2D eigenvalue weighted by molar-refractivity contribution is 0.0702. The molecule has 60 valence electrons. The number of rotatable bonds is 2. The van der Waals surface area contributed by atoms with Crippen LogP contribution in [0.2, 0.25) is 0 Å². The fourth-order valence-electron chi connectivity index (χ4n) is 0.825. The molecule has 0 spiro atoms. The van der Waals surface area contributed by atoms with Gasteiger partial charge in [0.2, 0.25) is 0 Å². The first-order chi connectivity index (χ1) is 5.15. The summed E-state index contributed by atoms with van der Waals surface area (Å²) in [5, 5.41) is 8.57. The van der Waals surface area contributed by atoms with E-state index in [2.05, 4.69) is 0 Å². The van der Waals surface area contributed by atoms with E-state index < -0.39 is 5.97 Å². The van der Waals surface area contributed by atoms with Gasteiger partial charge in [0, 0.05) is 10.6 Å². The molecule has 0 amide bonds. The Morgan fingerprint density at radius 2 is 2.45 bits per heavy atom. The molecular weight excluding hydrogens is 162 g/mol. The summed E-state index contributed by atoms with van der Waals surface area (Å²) in [7, 11) is 0. The van der Waals surface area contributed by atoms with Gasteiger partial charge in [-0.3, -0.25) is 0 Å². The summed E-state index contributed by atoms with van der Waals surface area (Å²) in [6.45, 7) is 1.95. The number of aromatic carboxylic acids is 1. The summed E-state index contributed by atoms with van der Waals surface area (Å²) >= 11 is 1.24. The molecule has 0 unspecified atom stereocenters. The van der Waals surface area contributed by atoms with Crippen LogP contribution in [0.4, 0.5) is 5.69 Å². The van der Waals surface area contributed by atoms with Gasteiger partial charge in [0.1, 0.15) is 4.88 Å². The average molecular weight is 171 g/mol. The minimum atomic E-state index is -0.901. The Morgan fingerprint density at radius 3 is 2.73 bits per heavy atom. The van der Waals surface area contributed by atoms with Crippen molar-refractivity contribution >= 4 is 23.0 Å². The Kier molecular flexibility index (Phi) is 2.14. The molecule has 0 fully saturated rings. The maximum Gasteiger partial charge on any atom is 0.345 e. The number of nitrogen functional groups attached to an aromatic ring is 1. The molecular formula is C7H9NO2S. The van der Waals surface area contributed by atoms with Crippen molar-refractivity contribution in [2.24, 2.45) is 0 Å². The van der Waals surface area contributed by atoms with Crippen LogP contribution < -0.4 is 5.73 Å². The molecule has 3 nitrogen and oxygen atoms in total. The standard InChI is InChI=1S/C7H9NO2S/c1-2-5-4(8)3-6(11-5)7(9)10/h3H,2,8H2,1H3,(H,9,10). The van der Waals surface area contributed by atoms with Crippen LogP contribution >= 0.6 is 11.3 Å². The molecule has 4 heteroatoms. The average Bonchev–Trinajstić information content (AvgIpc) is 2.31. The monoisotopic (exact) mass is 171 g/mol. The van der Waals surface area contributed by atoms with Gasteiger partial charge in [-0.25, -0.2) is 4.79 Å². The van der Waals surface area contributed by atoms with Crippen molar-refractivity contribution in [2.45, 2.75) is 13.3 Å². The van der Waals surface area contributed by atoms with E-state index in [4.69, 9.17) is 10.8 Å². The lowest BCUT2D eigenvalue weighted by Gasteiger charge is -1.88. The van der Waals surface area contributed by atoms with Crippen LogP contribution in [0.15, 0.2) is 6.07 Å². The normalized spacial score (nSPS) is 9.91. The Hall–Kier alpha value is -1.03.